The van der Waals surface area contributed by atoms with E-state index in [-0.39, 0.29) is 102 Å². The number of piperidine rings is 3. The van der Waals surface area contributed by atoms with Crippen molar-refractivity contribution in [2.24, 2.45) is 0 Å². The zero-order valence-electron chi connectivity index (χ0n) is 80.3. The van der Waals surface area contributed by atoms with Gasteiger partial charge in [-0.2, -0.15) is 20.4 Å². The Morgan fingerprint density at radius 2 is 0.707 bits per heavy atom. The Kier molecular flexibility index (Phi) is 30.1. The molecule has 0 radical (unpaired) electrons. The molecule has 4 aliphatic rings. The molecule has 16 aromatic rings. The number of carbonyl (C=O) groups excluding carboxylic acids is 4. The Morgan fingerprint density at radius 1 is 0.379 bits per heavy atom. The van der Waals surface area contributed by atoms with Crippen LogP contribution in [0.1, 0.15) is 164 Å². The van der Waals surface area contributed by atoms with Crippen molar-refractivity contribution in [3.63, 3.8) is 0 Å². The molecule has 0 unspecified atom stereocenters. The van der Waals surface area contributed by atoms with Gasteiger partial charge in [0.1, 0.15) is 55.3 Å². The van der Waals surface area contributed by atoms with E-state index in [0.717, 1.165) is 147 Å². The van der Waals surface area contributed by atoms with Crippen molar-refractivity contribution in [1.29, 1.82) is 0 Å². The van der Waals surface area contributed by atoms with Crippen molar-refractivity contribution in [2.75, 3.05) is 52.4 Å². The first-order valence-electron chi connectivity index (χ1n) is 47.8. The summed E-state index contributed by atoms with van der Waals surface area (Å²) in [6, 6.07) is 69.1. The van der Waals surface area contributed by atoms with Crippen LogP contribution in [0.5, 0.6) is 0 Å². The third kappa shape index (κ3) is 22.9. The Bertz CT molecular complexity index is 6990. The first-order chi connectivity index (χ1) is 67.7. The number of aromatic nitrogens is 15. The predicted octanol–water partition coefficient (Wildman–Crippen LogP) is 21.2. The highest BCUT2D eigenvalue weighted by atomic mass is 32.1. The lowest BCUT2D eigenvalue weighted by Gasteiger charge is -2.37. The molecule has 12 heterocycles. The molecule has 25 nitrogen and oxygen atoms in total. The van der Waals surface area contributed by atoms with Crippen molar-refractivity contribution in [2.45, 2.75) is 176 Å². The highest BCUT2D eigenvalue weighted by Crippen LogP contribution is 2.39. The summed E-state index contributed by atoms with van der Waals surface area (Å²) in [5, 5.41) is 37.0. The molecule has 0 bridgehead atoms. The molecular weight excluding hydrogens is 1790 g/mol. The lowest BCUT2D eigenvalue weighted by molar-refractivity contribution is -0.134. The van der Waals surface area contributed by atoms with Gasteiger partial charge in [-0.1, -0.05) is 156 Å². The van der Waals surface area contributed by atoms with Gasteiger partial charge in [0, 0.05) is 134 Å². The number of carbonyl (C=O) groups is 4. The van der Waals surface area contributed by atoms with Crippen LogP contribution in [-0.2, 0) is 63.6 Å². The summed E-state index contributed by atoms with van der Waals surface area (Å²) in [5.41, 5.74) is 16.6. The summed E-state index contributed by atoms with van der Waals surface area (Å²) in [7, 11) is 0. The fourth-order valence-corrected chi connectivity index (χ4v) is 19.0. The zero-order valence-corrected chi connectivity index (χ0v) is 81.2. The van der Waals surface area contributed by atoms with E-state index in [1.165, 1.54) is 29.1 Å². The summed E-state index contributed by atoms with van der Waals surface area (Å²) < 4.78 is 74.1. The van der Waals surface area contributed by atoms with Crippen LogP contribution >= 0.6 is 11.3 Å². The van der Waals surface area contributed by atoms with Gasteiger partial charge in [-0.15, -0.1) is 31.7 Å². The van der Waals surface area contributed by atoms with E-state index in [1.54, 1.807) is 119 Å². The molecule has 0 atom stereocenters. The van der Waals surface area contributed by atoms with Crippen molar-refractivity contribution in [3.8, 4) is 90.1 Å². The second kappa shape index (κ2) is 43.5. The third-order valence-electron chi connectivity index (χ3n) is 26.4. The largest absolute Gasteiger partial charge is 0.425 e. The molecule has 3 saturated heterocycles. The number of hydrogen-bond donors (Lipinski definition) is 0. The molecule has 3 fully saturated rings. The first-order valence-corrected chi connectivity index (χ1v) is 48.6. The minimum atomic E-state index is -0.250. The van der Waals surface area contributed by atoms with E-state index in [1.807, 2.05) is 206 Å². The Labute approximate surface area is 815 Å². The fraction of sp³-hybridized carbons (Fsp3) is 0.318. The maximum Gasteiger partial charge on any atom is 0.244 e. The van der Waals surface area contributed by atoms with Gasteiger partial charge in [-0.05, 0) is 221 Å². The predicted molar refractivity (Wildman–Crippen MR) is 531 cm³/mol. The quantitative estimate of drug-likeness (QED) is 0.0605. The second-order valence-electron chi connectivity index (χ2n) is 37.2. The van der Waals surface area contributed by atoms with Crippen molar-refractivity contribution in [1.82, 2.24) is 94.1 Å². The smallest absolute Gasteiger partial charge is 0.244 e. The highest BCUT2D eigenvalue weighted by Gasteiger charge is 2.39. The molecule has 4 amide bonds. The summed E-state index contributed by atoms with van der Waals surface area (Å²) >= 11 is 1.73. The van der Waals surface area contributed by atoms with Crippen LogP contribution < -0.4 is 0 Å². The molecule has 718 valence electrons. The topological polar surface area (TPSA) is 269 Å². The Hall–Kier alpha value is -14.8. The lowest BCUT2D eigenvalue weighted by Crippen LogP contribution is -2.45. The molecule has 8 aromatic carbocycles. The number of rotatable bonds is 21. The molecule has 8 aromatic heterocycles. The van der Waals surface area contributed by atoms with Gasteiger partial charge >= 0.3 is 0 Å². The zero-order chi connectivity index (χ0) is 97.8. The van der Waals surface area contributed by atoms with Gasteiger partial charge in [0.15, 0.2) is 0 Å². The first kappa shape index (κ1) is 96.9. The fourth-order valence-electron chi connectivity index (χ4n) is 18.1. The molecule has 0 saturated carbocycles. The molecular formula is C110H113F4N19O6S. The SMILES string of the molecule is Cc1cc(-c2cc(-c3ccccc3)n(CC(=O)N3CCC(C)(c4nnc(C(C)C)o4)CC3)n2)ccc1F.Cc1cc(-c2cc(-c3ccccc3)n(CC(=O)N3CCC(c4ncccn4)CC3)n2)ccc1F.Cc1cc(-c2cc(-c3ccccc3)n(CC(=O)N3CCC(c4nnc(C(C)C)o4)CC3)n2)ccc1F.Cc1nc2c(s1)CCN(C(=O)Cn1nc(-c3ccc(F)c(C)c3)cc1-c1ccccc1)CC2. The number of likely N-dealkylation sites (tertiary alicyclic amines) is 3. The van der Waals surface area contributed by atoms with Crippen LogP contribution in [0.15, 0.2) is 246 Å². The Morgan fingerprint density at radius 3 is 1.05 bits per heavy atom. The average molecular weight is 1910 g/mol. The van der Waals surface area contributed by atoms with Crippen LogP contribution in [0.2, 0.25) is 0 Å². The minimum absolute atomic E-state index is 0.0116. The van der Waals surface area contributed by atoms with Gasteiger partial charge in [-0.25, -0.2) is 32.5 Å². The number of halogens is 4. The maximum absolute atomic E-state index is 13.9. The van der Waals surface area contributed by atoms with E-state index in [4.69, 9.17) is 29.2 Å². The van der Waals surface area contributed by atoms with Crippen LogP contribution in [0.25, 0.3) is 90.1 Å². The third-order valence-corrected chi connectivity index (χ3v) is 27.5. The summed E-state index contributed by atoms with van der Waals surface area (Å²) in [5.74, 6) is 3.44. The van der Waals surface area contributed by atoms with Crippen molar-refractivity contribution < 1.29 is 45.6 Å². The number of thiazole rings is 1. The van der Waals surface area contributed by atoms with E-state index in [9.17, 15) is 36.7 Å². The molecule has 4 aliphatic heterocycles. The summed E-state index contributed by atoms with van der Waals surface area (Å²) in [4.78, 5) is 75.5. The Balaban J connectivity index is 0.000000129. The van der Waals surface area contributed by atoms with Crippen LogP contribution in [0, 0.1) is 57.9 Å². The van der Waals surface area contributed by atoms with Gasteiger partial charge in [0.25, 0.3) is 0 Å². The van der Waals surface area contributed by atoms with Crippen LogP contribution in [0.4, 0.5) is 17.6 Å². The van der Waals surface area contributed by atoms with Crippen LogP contribution in [-0.4, -0.2) is 170 Å². The van der Waals surface area contributed by atoms with Crippen LogP contribution in [0.3, 0.4) is 0 Å². The molecule has 30 heteroatoms. The van der Waals surface area contributed by atoms with Gasteiger partial charge in [0.05, 0.1) is 56.3 Å². The molecule has 140 heavy (non-hydrogen) atoms. The number of benzene rings is 8. The maximum atomic E-state index is 13.9. The number of fused-ring (bicyclic) bond motifs is 1. The van der Waals surface area contributed by atoms with Gasteiger partial charge < -0.3 is 28.4 Å². The monoisotopic (exact) mass is 1900 g/mol. The lowest BCUT2D eigenvalue weighted by atomic mass is 9.80. The van der Waals surface area contributed by atoms with Crippen molar-refractivity contribution in [3.05, 3.63) is 327 Å². The van der Waals surface area contributed by atoms with Crippen molar-refractivity contribution >= 4 is 35.0 Å². The number of amides is 4. The normalized spacial score (nSPS) is 14.5. The van der Waals surface area contributed by atoms with Gasteiger partial charge in [-0.3, -0.25) is 37.9 Å². The number of aryl methyl sites for hydroxylation is 5. The average Bonchev–Trinajstić information content (AvgIpc) is 1.65. The highest BCUT2D eigenvalue weighted by molar-refractivity contribution is 7.11. The molecule has 0 N–H and O–H groups in total. The second-order valence-corrected chi connectivity index (χ2v) is 38.5. The summed E-state index contributed by atoms with van der Waals surface area (Å²) in [6.45, 7) is 25.0. The van der Waals surface area contributed by atoms with Gasteiger partial charge in [0.2, 0.25) is 47.2 Å². The van der Waals surface area contributed by atoms with E-state index in [2.05, 4.69) is 42.3 Å². The molecule has 0 aliphatic carbocycles. The molecule has 20 rings (SSSR count). The standard InChI is InChI=1S/C29H32FN5O2.C28H30FN5O2.C27H26FN5O.C26H25FN4OS/c1-19(2)27-31-32-28(37-27)29(4)12-14-34(15-13-29)26(36)18-35-25(21-8-6-5-7-9-21)17-24(33-35)22-10-11-23(30)20(3)16-22;1-18(2)27-30-31-28(36-27)21-11-13-33(14-12-21)26(35)17-34-25(20-7-5-4-6-8-20)16-24(32-34)22-9-10-23(29)19(3)15-22;1-19-16-22(8-9-23(19)28)24-17-25(20-6-3-2-4-7-20)33(31-24)18-26(34)32-14-10-21(11-15-32)27-29-12-5-13-30-27;1-17-14-20(8-9-21(17)27)23-15-24(19-6-4-3-5-7-19)31(29-23)16-26(32)30-12-10-22-25(11-13-30)33-18(2)28-22/h5-11,16-17,19H,12-15,18H2,1-4H3;4-10,15-16,18,21H,11-14,17H2,1-3H3;2-9,12-13,16-17,21H,10-11,14-15,18H2,1H3;3-9,14-15H,10-13,16H2,1-2H3. The van der Waals surface area contributed by atoms with E-state index in [0.29, 0.717) is 110 Å². The summed E-state index contributed by atoms with van der Waals surface area (Å²) in [6.07, 6.45) is 9.94. The van der Waals surface area contributed by atoms with E-state index >= 15 is 0 Å². The minimum Gasteiger partial charge on any atom is -0.425 e. The number of nitrogens with zero attached hydrogens (tertiary/aromatic N) is 19. The number of hydrogen-bond acceptors (Lipinski definition) is 18. The van der Waals surface area contributed by atoms with E-state index < -0.39 is 0 Å². The molecule has 0 spiro atoms.